The molecular weight excluding hydrogens is 352 g/mol. The van der Waals surface area contributed by atoms with Gasteiger partial charge < -0.3 is 19.7 Å². The zero-order valence-electron chi connectivity index (χ0n) is 17.0. The molecule has 0 amide bonds. The van der Waals surface area contributed by atoms with Crippen LogP contribution in [0.15, 0.2) is 15.8 Å². The summed E-state index contributed by atoms with van der Waals surface area (Å²) in [4.78, 5) is 26.7. The highest BCUT2D eigenvalue weighted by Gasteiger charge is 2.37. The Morgan fingerprint density at radius 1 is 1.26 bits per heavy atom. The first-order chi connectivity index (χ1) is 12.3. The highest BCUT2D eigenvalue weighted by molar-refractivity contribution is 5.04. The second-order valence-corrected chi connectivity index (χ2v) is 9.36. The molecule has 1 aromatic rings. The van der Waals surface area contributed by atoms with Gasteiger partial charge >= 0.3 is 5.69 Å². The van der Waals surface area contributed by atoms with E-state index in [1.807, 2.05) is 0 Å². The van der Waals surface area contributed by atoms with Crippen LogP contribution < -0.4 is 11.2 Å². The molecule has 1 saturated heterocycles. The number of aromatic amines is 1. The molecule has 0 bridgehead atoms. The van der Waals surface area contributed by atoms with Crippen molar-refractivity contribution >= 4 is 0 Å². The molecule has 0 aliphatic carbocycles. The standard InChI is InChI=1S/C19H32N2O6/c1-18(2,3)16(19(4,5)6)26-10-11-8-21(17(25)20-15(11)24)14-7-12(23)13(9-22)27-14/h8,12-14,16,22-23H,7,9-10H2,1-6H3,(H,20,24,25)/t12?,13-,14-/m1/s1. The van der Waals surface area contributed by atoms with Gasteiger partial charge in [-0.15, -0.1) is 0 Å². The smallest absolute Gasteiger partial charge is 0.330 e. The Bertz CT molecular complexity index is 741. The fourth-order valence-corrected chi connectivity index (χ4v) is 3.87. The Balaban J connectivity index is 2.26. The SMILES string of the molecule is CC(C)(C)C(OCc1cn([C@H]2CC(O)[C@@H](CO)O2)c(=O)[nH]c1=O)C(C)(C)C. The summed E-state index contributed by atoms with van der Waals surface area (Å²) in [5, 5.41) is 19.1. The maximum absolute atomic E-state index is 12.2. The molecule has 154 valence electrons. The molecule has 0 aromatic carbocycles. The van der Waals surface area contributed by atoms with Crippen molar-refractivity contribution in [3.63, 3.8) is 0 Å². The minimum absolute atomic E-state index is 0.0491. The lowest BCUT2D eigenvalue weighted by Crippen LogP contribution is -2.41. The molecule has 1 fully saturated rings. The molecule has 3 atom stereocenters. The minimum atomic E-state index is -0.871. The van der Waals surface area contributed by atoms with Crippen LogP contribution >= 0.6 is 0 Å². The average molecular weight is 384 g/mol. The van der Waals surface area contributed by atoms with Crippen LogP contribution in [0.5, 0.6) is 0 Å². The predicted octanol–water partition coefficient (Wildman–Crippen LogP) is 1.15. The number of hydrogen-bond acceptors (Lipinski definition) is 6. The summed E-state index contributed by atoms with van der Waals surface area (Å²) in [6, 6.07) is 0. The topological polar surface area (TPSA) is 114 Å². The molecule has 1 aliphatic heterocycles. The molecule has 1 aromatic heterocycles. The van der Waals surface area contributed by atoms with Gasteiger partial charge in [0, 0.05) is 12.6 Å². The van der Waals surface area contributed by atoms with Crippen molar-refractivity contribution in [1.29, 1.82) is 0 Å². The van der Waals surface area contributed by atoms with Gasteiger partial charge in [0.25, 0.3) is 5.56 Å². The van der Waals surface area contributed by atoms with Gasteiger partial charge in [-0.05, 0) is 10.8 Å². The largest absolute Gasteiger partial charge is 0.394 e. The summed E-state index contributed by atoms with van der Waals surface area (Å²) in [7, 11) is 0. The van der Waals surface area contributed by atoms with E-state index >= 15 is 0 Å². The number of aromatic nitrogens is 2. The molecule has 3 N–H and O–H groups in total. The molecule has 0 radical (unpaired) electrons. The Morgan fingerprint density at radius 3 is 2.33 bits per heavy atom. The van der Waals surface area contributed by atoms with Crippen LogP contribution in [0.25, 0.3) is 0 Å². The molecule has 8 heteroatoms. The number of rotatable bonds is 5. The normalized spacial score (nSPS) is 24.0. The summed E-state index contributed by atoms with van der Waals surface area (Å²) in [5.74, 6) is 0. The quantitative estimate of drug-likeness (QED) is 0.702. The van der Waals surface area contributed by atoms with E-state index in [2.05, 4.69) is 46.5 Å². The lowest BCUT2D eigenvalue weighted by Gasteiger charge is -2.40. The molecule has 2 rings (SSSR count). The van der Waals surface area contributed by atoms with Gasteiger partial charge in [-0.3, -0.25) is 14.3 Å². The number of nitrogens with one attached hydrogen (secondary N) is 1. The van der Waals surface area contributed by atoms with Gasteiger partial charge in [-0.2, -0.15) is 0 Å². The van der Waals surface area contributed by atoms with Gasteiger partial charge in [0.2, 0.25) is 0 Å². The van der Waals surface area contributed by atoms with Crippen LogP contribution in [0, 0.1) is 10.8 Å². The molecule has 8 nitrogen and oxygen atoms in total. The zero-order chi connectivity index (χ0) is 20.6. The van der Waals surface area contributed by atoms with E-state index in [9.17, 15) is 19.8 Å². The molecule has 1 unspecified atom stereocenters. The Morgan fingerprint density at radius 2 is 1.85 bits per heavy atom. The van der Waals surface area contributed by atoms with Crippen LogP contribution in [-0.4, -0.2) is 44.7 Å². The van der Waals surface area contributed by atoms with E-state index in [-0.39, 0.29) is 36.6 Å². The summed E-state index contributed by atoms with van der Waals surface area (Å²) in [5.41, 5.74) is -1.09. The van der Waals surface area contributed by atoms with Gasteiger partial charge in [0.05, 0.1) is 31.0 Å². The highest BCUT2D eigenvalue weighted by Crippen LogP contribution is 2.36. The second kappa shape index (κ2) is 7.87. The van der Waals surface area contributed by atoms with E-state index in [1.54, 1.807) is 0 Å². The van der Waals surface area contributed by atoms with Crippen molar-refractivity contribution in [2.75, 3.05) is 6.61 Å². The first kappa shape index (κ1) is 21.8. The minimum Gasteiger partial charge on any atom is -0.394 e. The van der Waals surface area contributed by atoms with Gasteiger partial charge in [0.1, 0.15) is 12.3 Å². The Kier molecular flexibility index (Phi) is 6.36. The number of hydrogen-bond donors (Lipinski definition) is 3. The maximum atomic E-state index is 12.2. The van der Waals surface area contributed by atoms with Gasteiger partial charge in [-0.25, -0.2) is 4.79 Å². The third kappa shape index (κ3) is 5.07. The molecule has 1 aliphatic rings. The molecule has 27 heavy (non-hydrogen) atoms. The van der Waals surface area contributed by atoms with Crippen molar-refractivity contribution in [1.82, 2.24) is 9.55 Å². The van der Waals surface area contributed by atoms with Crippen LogP contribution in [0.3, 0.4) is 0 Å². The summed E-state index contributed by atoms with van der Waals surface area (Å²) in [6.07, 6.45) is -0.913. The van der Waals surface area contributed by atoms with E-state index in [1.165, 1.54) is 10.8 Å². The van der Waals surface area contributed by atoms with Crippen molar-refractivity contribution in [3.05, 3.63) is 32.6 Å². The van der Waals surface area contributed by atoms with E-state index in [0.29, 0.717) is 5.56 Å². The van der Waals surface area contributed by atoms with E-state index in [0.717, 1.165) is 0 Å². The fraction of sp³-hybridized carbons (Fsp3) is 0.789. The summed E-state index contributed by atoms with van der Waals surface area (Å²) < 4.78 is 12.9. The van der Waals surface area contributed by atoms with Crippen molar-refractivity contribution in [2.24, 2.45) is 10.8 Å². The summed E-state index contributed by atoms with van der Waals surface area (Å²) >= 11 is 0. The van der Waals surface area contributed by atoms with Crippen molar-refractivity contribution in [2.45, 2.75) is 79.1 Å². The van der Waals surface area contributed by atoms with Gasteiger partial charge in [-0.1, -0.05) is 41.5 Å². The Labute approximate surface area is 159 Å². The van der Waals surface area contributed by atoms with Crippen LogP contribution in [0.2, 0.25) is 0 Å². The zero-order valence-corrected chi connectivity index (χ0v) is 17.0. The lowest BCUT2D eigenvalue weighted by atomic mass is 9.74. The number of aliphatic hydroxyl groups is 2. The first-order valence-corrected chi connectivity index (χ1v) is 9.25. The van der Waals surface area contributed by atoms with Gasteiger partial charge in [0.15, 0.2) is 0 Å². The average Bonchev–Trinajstić information content (AvgIpc) is 2.87. The van der Waals surface area contributed by atoms with Crippen LogP contribution in [0.1, 0.15) is 59.8 Å². The number of aliphatic hydroxyl groups excluding tert-OH is 2. The lowest BCUT2D eigenvalue weighted by molar-refractivity contribution is -0.0910. The fourth-order valence-electron chi connectivity index (χ4n) is 3.87. The molecule has 0 saturated carbocycles. The third-order valence-corrected chi connectivity index (χ3v) is 4.71. The number of nitrogens with zero attached hydrogens (tertiary/aromatic N) is 1. The van der Waals surface area contributed by atoms with Crippen LogP contribution in [-0.2, 0) is 16.1 Å². The monoisotopic (exact) mass is 384 g/mol. The van der Waals surface area contributed by atoms with E-state index in [4.69, 9.17) is 9.47 Å². The molecule has 0 spiro atoms. The van der Waals surface area contributed by atoms with Crippen molar-refractivity contribution in [3.8, 4) is 0 Å². The number of H-pyrrole nitrogens is 1. The maximum Gasteiger partial charge on any atom is 0.330 e. The van der Waals surface area contributed by atoms with Crippen LogP contribution in [0.4, 0.5) is 0 Å². The number of ether oxygens (including phenoxy) is 2. The Hall–Kier alpha value is -1.48. The van der Waals surface area contributed by atoms with Crippen molar-refractivity contribution < 1.29 is 19.7 Å². The second-order valence-electron chi connectivity index (χ2n) is 9.36. The first-order valence-electron chi connectivity index (χ1n) is 9.25. The molecule has 2 heterocycles. The van der Waals surface area contributed by atoms with E-state index < -0.39 is 29.7 Å². The summed E-state index contributed by atoms with van der Waals surface area (Å²) in [6.45, 7) is 12.2. The molecular formula is C19H32N2O6. The third-order valence-electron chi connectivity index (χ3n) is 4.71. The highest BCUT2D eigenvalue weighted by atomic mass is 16.5. The predicted molar refractivity (Wildman–Crippen MR) is 100 cm³/mol.